The van der Waals surface area contributed by atoms with E-state index in [9.17, 15) is 14.7 Å². The summed E-state index contributed by atoms with van der Waals surface area (Å²) >= 11 is 5.92. The van der Waals surface area contributed by atoms with E-state index in [1.165, 1.54) is 10.6 Å². The quantitative estimate of drug-likeness (QED) is 0.783. The van der Waals surface area contributed by atoms with E-state index >= 15 is 0 Å². The molecule has 2 aromatic carbocycles. The first-order chi connectivity index (χ1) is 11.5. The van der Waals surface area contributed by atoms with E-state index in [1.54, 1.807) is 36.5 Å². The van der Waals surface area contributed by atoms with Crippen molar-refractivity contribution < 1.29 is 9.90 Å². The van der Waals surface area contributed by atoms with Crippen LogP contribution in [0.3, 0.4) is 0 Å². The molecular formula is C19H14ClNO3. The molecule has 0 saturated heterocycles. The number of pyridine rings is 1. The highest BCUT2D eigenvalue weighted by Gasteiger charge is 2.10. The van der Waals surface area contributed by atoms with Gasteiger partial charge >= 0.3 is 5.97 Å². The van der Waals surface area contributed by atoms with Crippen LogP contribution < -0.4 is 5.56 Å². The van der Waals surface area contributed by atoms with Crippen molar-refractivity contribution in [3.8, 4) is 11.1 Å². The second-order valence-corrected chi connectivity index (χ2v) is 5.80. The van der Waals surface area contributed by atoms with Crippen molar-refractivity contribution in [3.05, 3.63) is 93.4 Å². The minimum Gasteiger partial charge on any atom is -0.478 e. The standard InChI is InChI=1S/C19H14ClNO3/c20-15-9-10-18(22)21(12-15)11-13-5-7-14(8-6-13)16-3-1-2-4-17(16)19(23)24/h1-10,12H,11H2,(H,23,24). The number of carboxylic acid groups (broad SMARTS) is 1. The molecule has 0 fully saturated rings. The molecule has 1 N–H and O–H groups in total. The summed E-state index contributed by atoms with van der Waals surface area (Å²) in [5, 5.41) is 9.78. The molecule has 0 bridgehead atoms. The zero-order valence-electron chi connectivity index (χ0n) is 12.6. The van der Waals surface area contributed by atoms with Crippen LogP contribution in [-0.4, -0.2) is 15.6 Å². The van der Waals surface area contributed by atoms with Crippen LogP contribution in [-0.2, 0) is 6.54 Å². The van der Waals surface area contributed by atoms with Crippen LogP contribution in [0.1, 0.15) is 15.9 Å². The lowest BCUT2D eigenvalue weighted by atomic mass is 9.99. The first kappa shape index (κ1) is 16.0. The average Bonchev–Trinajstić information content (AvgIpc) is 2.59. The predicted molar refractivity (Wildman–Crippen MR) is 93.7 cm³/mol. The number of rotatable bonds is 4. The van der Waals surface area contributed by atoms with Gasteiger partial charge in [0.1, 0.15) is 0 Å². The summed E-state index contributed by atoms with van der Waals surface area (Å²) in [6.45, 7) is 0.403. The highest BCUT2D eigenvalue weighted by molar-refractivity contribution is 6.30. The van der Waals surface area contributed by atoms with E-state index in [4.69, 9.17) is 11.6 Å². The van der Waals surface area contributed by atoms with Crippen molar-refractivity contribution in [1.82, 2.24) is 4.57 Å². The van der Waals surface area contributed by atoms with Crippen molar-refractivity contribution >= 4 is 17.6 Å². The van der Waals surface area contributed by atoms with E-state index < -0.39 is 5.97 Å². The van der Waals surface area contributed by atoms with Gasteiger partial charge in [-0.15, -0.1) is 0 Å². The molecule has 1 heterocycles. The molecule has 0 unspecified atom stereocenters. The number of carboxylic acids is 1. The third-order valence-corrected chi connectivity index (χ3v) is 3.95. The van der Waals surface area contributed by atoms with Crippen molar-refractivity contribution in [2.24, 2.45) is 0 Å². The smallest absolute Gasteiger partial charge is 0.336 e. The maximum Gasteiger partial charge on any atom is 0.336 e. The minimum absolute atomic E-state index is 0.125. The maximum atomic E-state index is 11.8. The third-order valence-electron chi connectivity index (χ3n) is 3.72. The first-order valence-electron chi connectivity index (χ1n) is 7.32. The Kier molecular flexibility index (Phi) is 4.49. The van der Waals surface area contributed by atoms with Crippen LogP contribution in [0.15, 0.2) is 71.7 Å². The number of nitrogens with zero attached hydrogens (tertiary/aromatic N) is 1. The van der Waals surface area contributed by atoms with Gasteiger partial charge in [0.2, 0.25) is 0 Å². The average molecular weight is 340 g/mol. The lowest BCUT2D eigenvalue weighted by Gasteiger charge is -2.09. The number of hydrogen-bond donors (Lipinski definition) is 1. The molecule has 0 aliphatic rings. The Hall–Kier alpha value is -2.85. The summed E-state index contributed by atoms with van der Waals surface area (Å²) in [5.41, 5.74) is 2.54. The largest absolute Gasteiger partial charge is 0.478 e. The van der Waals surface area contributed by atoms with Gasteiger partial charge in [-0.1, -0.05) is 54.1 Å². The maximum absolute atomic E-state index is 11.8. The molecule has 0 atom stereocenters. The van der Waals surface area contributed by atoms with Gasteiger partial charge in [0, 0.05) is 12.3 Å². The summed E-state index contributed by atoms with van der Waals surface area (Å²) in [7, 11) is 0. The number of halogens is 1. The molecule has 0 spiro atoms. The Bertz CT molecular complexity index is 945. The summed E-state index contributed by atoms with van der Waals surface area (Å²) in [5.74, 6) is -0.958. The molecule has 4 nitrogen and oxygen atoms in total. The molecule has 120 valence electrons. The van der Waals surface area contributed by atoms with Gasteiger partial charge in [0.15, 0.2) is 0 Å². The molecule has 0 saturated carbocycles. The van der Waals surface area contributed by atoms with Crippen LogP contribution in [0.4, 0.5) is 0 Å². The second-order valence-electron chi connectivity index (χ2n) is 5.36. The van der Waals surface area contributed by atoms with Crippen molar-refractivity contribution in [2.75, 3.05) is 0 Å². The summed E-state index contributed by atoms with van der Waals surface area (Å²) in [6, 6.07) is 17.3. The molecule has 0 aliphatic carbocycles. The van der Waals surface area contributed by atoms with E-state index in [1.807, 2.05) is 24.3 Å². The van der Waals surface area contributed by atoms with Gasteiger partial charge in [-0.2, -0.15) is 0 Å². The third kappa shape index (κ3) is 3.39. The first-order valence-corrected chi connectivity index (χ1v) is 7.70. The van der Waals surface area contributed by atoms with Crippen LogP contribution >= 0.6 is 11.6 Å². The Morgan fingerprint density at radius 1 is 1.00 bits per heavy atom. The van der Waals surface area contributed by atoms with Gasteiger partial charge in [-0.25, -0.2) is 4.79 Å². The lowest BCUT2D eigenvalue weighted by Crippen LogP contribution is -2.18. The second kappa shape index (κ2) is 6.72. The highest BCUT2D eigenvalue weighted by atomic mass is 35.5. The molecule has 0 aliphatic heterocycles. The van der Waals surface area contributed by atoms with E-state index in [2.05, 4.69) is 0 Å². The molecule has 0 amide bonds. The number of benzene rings is 2. The van der Waals surface area contributed by atoms with Crippen LogP contribution in [0.2, 0.25) is 5.02 Å². The zero-order valence-corrected chi connectivity index (χ0v) is 13.4. The normalized spacial score (nSPS) is 10.5. The van der Waals surface area contributed by atoms with Gasteiger partial charge in [0.25, 0.3) is 5.56 Å². The van der Waals surface area contributed by atoms with Gasteiger partial charge in [0.05, 0.1) is 17.1 Å². The van der Waals surface area contributed by atoms with E-state index in [0.29, 0.717) is 17.1 Å². The summed E-state index contributed by atoms with van der Waals surface area (Å²) in [4.78, 5) is 23.1. The molecule has 3 aromatic rings. The van der Waals surface area contributed by atoms with Gasteiger partial charge in [-0.05, 0) is 28.8 Å². The number of hydrogen-bond acceptors (Lipinski definition) is 2. The molecule has 24 heavy (non-hydrogen) atoms. The van der Waals surface area contributed by atoms with E-state index in [0.717, 1.165) is 11.1 Å². The fourth-order valence-corrected chi connectivity index (χ4v) is 2.71. The minimum atomic E-state index is -0.958. The monoisotopic (exact) mass is 339 g/mol. The number of aromatic nitrogens is 1. The van der Waals surface area contributed by atoms with Gasteiger partial charge < -0.3 is 9.67 Å². The highest BCUT2D eigenvalue weighted by Crippen LogP contribution is 2.24. The molecular weight excluding hydrogens is 326 g/mol. The summed E-state index contributed by atoms with van der Waals surface area (Å²) in [6.07, 6.45) is 1.59. The number of carbonyl (C=O) groups is 1. The Morgan fingerprint density at radius 3 is 2.42 bits per heavy atom. The molecule has 3 rings (SSSR count). The van der Waals surface area contributed by atoms with Crippen LogP contribution in [0, 0.1) is 0 Å². The zero-order chi connectivity index (χ0) is 17.1. The SMILES string of the molecule is O=C(O)c1ccccc1-c1ccc(Cn2cc(Cl)ccc2=O)cc1. The molecule has 1 aromatic heterocycles. The molecule has 0 radical (unpaired) electrons. The van der Waals surface area contributed by atoms with Crippen molar-refractivity contribution in [1.29, 1.82) is 0 Å². The Labute approximate surface area is 143 Å². The predicted octanol–water partition coefficient (Wildman–Crippen LogP) is 3.92. The van der Waals surface area contributed by atoms with E-state index in [-0.39, 0.29) is 11.1 Å². The van der Waals surface area contributed by atoms with Crippen LogP contribution in [0.25, 0.3) is 11.1 Å². The van der Waals surface area contributed by atoms with Gasteiger partial charge in [-0.3, -0.25) is 4.79 Å². The Balaban J connectivity index is 1.90. The number of aromatic carboxylic acids is 1. The Morgan fingerprint density at radius 2 is 1.71 bits per heavy atom. The topological polar surface area (TPSA) is 59.3 Å². The molecule has 5 heteroatoms. The van der Waals surface area contributed by atoms with Crippen molar-refractivity contribution in [2.45, 2.75) is 6.54 Å². The van der Waals surface area contributed by atoms with Crippen molar-refractivity contribution in [3.63, 3.8) is 0 Å². The lowest BCUT2D eigenvalue weighted by molar-refractivity contribution is 0.0697. The summed E-state index contributed by atoms with van der Waals surface area (Å²) < 4.78 is 1.53. The fourth-order valence-electron chi connectivity index (χ4n) is 2.53. The van der Waals surface area contributed by atoms with Crippen LogP contribution in [0.5, 0.6) is 0 Å². The fraction of sp³-hybridized carbons (Fsp3) is 0.0526.